The number of amides is 1. The molecule has 0 spiro atoms. The van der Waals surface area contributed by atoms with E-state index in [4.69, 9.17) is 10.3 Å². The zero-order valence-corrected chi connectivity index (χ0v) is 6.32. The number of rotatable bonds is 2. The third-order valence-electron chi connectivity index (χ3n) is 1.40. The van der Waals surface area contributed by atoms with Crippen molar-refractivity contribution in [1.82, 2.24) is 5.48 Å². The predicted octanol–water partition coefficient (Wildman–Crippen LogP) is 0.440. The number of benzene rings is 1. The third-order valence-corrected chi connectivity index (χ3v) is 1.40. The molecule has 12 heavy (non-hydrogen) atoms. The second-order valence-corrected chi connectivity index (χ2v) is 2.38. The summed E-state index contributed by atoms with van der Waals surface area (Å²) in [6, 6.07) is 6.31. The van der Waals surface area contributed by atoms with Crippen LogP contribution in [0.1, 0.15) is 5.56 Å². The quantitative estimate of drug-likeness (QED) is 0.442. The van der Waals surface area contributed by atoms with Crippen LogP contribution in [0.3, 0.4) is 0 Å². The first-order valence-electron chi connectivity index (χ1n) is 3.43. The normalized spacial score (nSPS) is 9.42. The lowest BCUT2D eigenvalue weighted by Gasteiger charge is -1.99. The van der Waals surface area contributed by atoms with E-state index in [1.165, 1.54) is 17.6 Å². The summed E-state index contributed by atoms with van der Waals surface area (Å²) in [5, 5.41) is 17.2. The van der Waals surface area contributed by atoms with Gasteiger partial charge in [-0.25, -0.2) is 5.48 Å². The van der Waals surface area contributed by atoms with Gasteiger partial charge in [0.25, 0.3) is 0 Å². The van der Waals surface area contributed by atoms with Crippen LogP contribution < -0.4 is 5.48 Å². The van der Waals surface area contributed by atoms with E-state index in [0.717, 1.165) is 0 Å². The fourth-order valence-electron chi connectivity index (χ4n) is 0.891. The molecule has 0 aliphatic heterocycles. The average Bonchev–Trinajstić information content (AvgIpc) is 2.04. The Labute approximate surface area is 69.4 Å². The molecule has 0 radical (unpaired) electrons. The van der Waals surface area contributed by atoms with Gasteiger partial charge in [-0.2, -0.15) is 0 Å². The van der Waals surface area contributed by atoms with E-state index < -0.39 is 5.91 Å². The molecule has 1 aromatic carbocycles. The first kappa shape index (κ1) is 8.55. The maximum atomic E-state index is 10.6. The number of hydroxylamine groups is 1. The Bertz CT molecular complexity index is 285. The first-order chi connectivity index (χ1) is 5.72. The van der Waals surface area contributed by atoms with Crippen molar-refractivity contribution in [3.05, 3.63) is 29.8 Å². The van der Waals surface area contributed by atoms with E-state index in [2.05, 4.69) is 0 Å². The summed E-state index contributed by atoms with van der Waals surface area (Å²) in [6.45, 7) is 0. The molecule has 0 aromatic heterocycles. The molecule has 0 unspecified atom stereocenters. The van der Waals surface area contributed by atoms with Crippen molar-refractivity contribution in [3.8, 4) is 5.75 Å². The molecule has 0 heterocycles. The van der Waals surface area contributed by atoms with Crippen LogP contribution in [0.4, 0.5) is 0 Å². The smallest absolute Gasteiger partial charge is 0.247 e. The SMILES string of the molecule is O=C(Cc1cccc(O)c1)NO. The highest BCUT2D eigenvalue weighted by Crippen LogP contribution is 2.10. The van der Waals surface area contributed by atoms with Crippen LogP contribution in [0.25, 0.3) is 0 Å². The van der Waals surface area contributed by atoms with Crippen molar-refractivity contribution < 1.29 is 15.1 Å². The molecule has 4 heteroatoms. The molecule has 0 aliphatic carbocycles. The number of aromatic hydroxyl groups is 1. The van der Waals surface area contributed by atoms with Gasteiger partial charge in [-0.3, -0.25) is 10.0 Å². The Morgan fingerprint density at radius 2 is 2.25 bits per heavy atom. The third kappa shape index (κ3) is 2.25. The van der Waals surface area contributed by atoms with Gasteiger partial charge >= 0.3 is 0 Å². The van der Waals surface area contributed by atoms with Crippen molar-refractivity contribution in [3.63, 3.8) is 0 Å². The topological polar surface area (TPSA) is 69.6 Å². The Balaban J connectivity index is 2.69. The summed E-state index contributed by atoms with van der Waals surface area (Å²) >= 11 is 0. The van der Waals surface area contributed by atoms with E-state index in [0.29, 0.717) is 5.56 Å². The average molecular weight is 167 g/mol. The number of phenolic OH excluding ortho intramolecular Hbond substituents is 1. The highest BCUT2D eigenvalue weighted by atomic mass is 16.5. The van der Waals surface area contributed by atoms with Crippen molar-refractivity contribution >= 4 is 5.91 Å². The fourth-order valence-corrected chi connectivity index (χ4v) is 0.891. The van der Waals surface area contributed by atoms with Gasteiger partial charge in [-0.05, 0) is 17.7 Å². The lowest BCUT2D eigenvalue weighted by Crippen LogP contribution is -2.20. The Kier molecular flexibility index (Phi) is 2.66. The van der Waals surface area contributed by atoms with Gasteiger partial charge < -0.3 is 5.11 Å². The Hall–Kier alpha value is -1.55. The molecular formula is C8H9NO3. The summed E-state index contributed by atoms with van der Waals surface area (Å²) in [5.74, 6) is -0.390. The monoisotopic (exact) mass is 167 g/mol. The van der Waals surface area contributed by atoms with Gasteiger partial charge in [-0.15, -0.1) is 0 Å². The molecular weight excluding hydrogens is 158 g/mol. The van der Waals surface area contributed by atoms with E-state index >= 15 is 0 Å². The number of carbonyl (C=O) groups is 1. The van der Waals surface area contributed by atoms with Crippen LogP contribution in [-0.4, -0.2) is 16.2 Å². The summed E-state index contributed by atoms with van der Waals surface area (Å²) in [7, 11) is 0. The van der Waals surface area contributed by atoms with Gasteiger partial charge in [0.2, 0.25) is 5.91 Å². The highest BCUT2D eigenvalue weighted by molar-refractivity contribution is 5.77. The second kappa shape index (κ2) is 3.73. The minimum atomic E-state index is -0.499. The molecule has 4 nitrogen and oxygen atoms in total. The van der Waals surface area contributed by atoms with Crippen molar-refractivity contribution in [2.24, 2.45) is 0 Å². The summed E-state index contributed by atoms with van der Waals surface area (Å²) in [6.07, 6.45) is 0.0604. The van der Waals surface area contributed by atoms with Gasteiger partial charge in [0, 0.05) is 0 Å². The van der Waals surface area contributed by atoms with Crippen molar-refractivity contribution in [1.29, 1.82) is 0 Å². The lowest BCUT2D eigenvalue weighted by molar-refractivity contribution is -0.128. The molecule has 0 bridgehead atoms. The number of hydrogen-bond acceptors (Lipinski definition) is 3. The van der Waals surface area contributed by atoms with Gasteiger partial charge in [0.15, 0.2) is 0 Å². The standard InChI is InChI=1S/C8H9NO3/c10-7-3-1-2-6(4-7)5-8(11)9-12/h1-4,10,12H,5H2,(H,9,11). The van der Waals surface area contributed by atoms with Gasteiger partial charge in [-0.1, -0.05) is 12.1 Å². The molecule has 0 aliphatic rings. The molecule has 1 aromatic rings. The number of carbonyl (C=O) groups excluding carboxylic acids is 1. The fraction of sp³-hybridized carbons (Fsp3) is 0.125. The van der Waals surface area contributed by atoms with E-state index in [1.807, 2.05) is 0 Å². The highest BCUT2D eigenvalue weighted by Gasteiger charge is 2.01. The predicted molar refractivity (Wildman–Crippen MR) is 41.7 cm³/mol. The van der Waals surface area contributed by atoms with Crippen LogP contribution >= 0.6 is 0 Å². The maximum Gasteiger partial charge on any atom is 0.247 e. The van der Waals surface area contributed by atoms with Gasteiger partial charge in [0.1, 0.15) is 5.75 Å². The van der Waals surface area contributed by atoms with Crippen molar-refractivity contribution in [2.75, 3.05) is 0 Å². The largest absolute Gasteiger partial charge is 0.508 e. The molecule has 0 saturated carbocycles. The minimum Gasteiger partial charge on any atom is -0.508 e. The van der Waals surface area contributed by atoms with Crippen molar-refractivity contribution in [2.45, 2.75) is 6.42 Å². The molecule has 0 fully saturated rings. The number of nitrogens with one attached hydrogen (secondary N) is 1. The zero-order chi connectivity index (χ0) is 8.97. The van der Waals surface area contributed by atoms with E-state index in [9.17, 15) is 4.79 Å². The van der Waals surface area contributed by atoms with Crippen LogP contribution in [0.5, 0.6) is 5.75 Å². The Morgan fingerprint density at radius 3 is 2.83 bits per heavy atom. The molecule has 0 atom stereocenters. The molecule has 1 amide bonds. The first-order valence-corrected chi connectivity index (χ1v) is 3.43. The zero-order valence-electron chi connectivity index (χ0n) is 6.32. The molecule has 1 rings (SSSR count). The minimum absolute atomic E-state index is 0.0604. The van der Waals surface area contributed by atoms with Crippen LogP contribution in [0, 0.1) is 0 Å². The van der Waals surface area contributed by atoms with E-state index in [1.54, 1.807) is 12.1 Å². The van der Waals surface area contributed by atoms with E-state index in [-0.39, 0.29) is 12.2 Å². The summed E-state index contributed by atoms with van der Waals surface area (Å²) in [4.78, 5) is 10.6. The Morgan fingerprint density at radius 1 is 1.50 bits per heavy atom. The summed E-state index contributed by atoms with van der Waals surface area (Å²) < 4.78 is 0. The molecule has 3 N–H and O–H groups in total. The number of hydrogen-bond donors (Lipinski definition) is 3. The van der Waals surface area contributed by atoms with Crippen LogP contribution in [0.15, 0.2) is 24.3 Å². The lowest BCUT2D eigenvalue weighted by atomic mass is 10.1. The molecule has 64 valence electrons. The van der Waals surface area contributed by atoms with Gasteiger partial charge in [0.05, 0.1) is 6.42 Å². The summed E-state index contributed by atoms with van der Waals surface area (Å²) in [5.41, 5.74) is 2.17. The number of phenols is 1. The molecule has 0 saturated heterocycles. The van der Waals surface area contributed by atoms with Crippen LogP contribution in [-0.2, 0) is 11.2 Å². The van der Waals surface area contributed by atoms with Crippen LogP contribution in [0.2, 0.25) is 0 Å². The maximum absolute atomic E-state index is 10.6. The second-order valence-electron chi connectivity index (χ2n) is 2.38.